The van der Waals surface area contributed by atoms with Gasteiger partial charge in [0.1, 0.15) is 12.3 Å². The minimum atomic E-state index is -0.858. The number of ketones is 1. The molecule has 0 saturated heterocycles. The van der Waals surface area contributed by atoms with Gasteiger partial charge in [-0.15, -0.1) is 0 Å². The molecule has 1 fully saturated rings. The van der Waals surface area contributed by atoms with Crippen molar-refractivity contribution in [2.75, 3.05) is 6.54 Å². The van der Waals surface area contributed by atoms with Gasteiger partial charge in [0.25, 0.3) is 0 Å². The molecule has 0 aromatic rings. The minimum absolute atomic E-state index is 0.0499. The van der Waals surface area contributed by atoms with Gasteiger partial charge in [-0.1, -0.05) is 38.4 Å². The highest BCUT2D eigenvalue weighted by atomic mass is 32.1. The summed E-state index contributed by atoms with van der Waals surface area (Å²) in [5, 5.41) is 9.06. The summed E-state index contributed by atoms with van der Waals surface area (Å²) in [6.45, 7) is 3.40. The van der Waals surface area contributed by atoms with Crippen molar-refractivity contribution in [3.05, 3.63) is 0 Å². The van der Waals surface area contributed by atoms with Gasteiger partial charge in [0.2, 0.25) is 0 Å². The molecule has 0 bridgehead atoms. The Bertz CT molecular complexity index is 351. The van der Waals surface area contributed by atoms with Gasteiger partial charge in [-0.3, -0.25) is 4.79 Å². The number of carboxylic acids is 1. The first kappa shape index (κ1) is 16.1. The summed E-state index contributed by atoms with van der Waals surface area (Å²) in [5.41, 5.74) is 0. The quantitative estimate of drug-likeness (QED) is 0.760. The second-order valence-electron chi connectivity index (χ2n) is 5.46. The summed E-state index contributed by atoms with van der Waals surface area (Å²) < 4.78 is 0. The number of hydrogen-bond donors (Lipinski definition) is 1. The first-order valence-corrected chi connectivity index (χ1v) is 7.34. The Hall–Kier alpha value is -0.970. The van der Waals surface area contributed by atoms with Crippen LogP contribution in [0, 0.1) is 5.92 Å². The molecule has 19 heavy (non-hydrogen) atoms. The Morgan fingerprint density at radius 1 is 1.32 bits per heavy atom. The Balaban J connectivity index is 2.73. The average Bonchev–Trinajstić information content (AvgIpc) is 2.35. The van der Waals surface area contributed by atoms with E-state index >= 15 is 0 Å². The van der Waals surface area contributed by atoms with Crippen molar-refractivity contribution in [3.63, 3.8) is 0 Å². The third-order valence-electron chi connectivity index (χ3n) is 3.62. The van der Waals surface area contributed by atoms with Crippen molar-refractivity contribution < 1.29 is 14.7 Å². The van der Waals surface area contributed by atoms with E-state index in [1.807, 2.05) is 11.8 Å². The fourth-order valence-electron chi connectivity index (χ4n) is 2.73. The third kappa shape index (κ3) is 5.27. The number of hydrogen-bond acceptors (Lipinski definition) is 3. The van der Waals surface area contributed by atoms with Crippen LogP contribution in [0.2, 0.25) is 0 Å². The van der Waals surface area contributed by atoms with Gasteiger partial charge >= 0.3 is 5.97 Å². The van der Waals surface area contributed by atoms with E-state index in [0.29, 0.717) is 11.4 Å². The van der Waals surface area contributed by atoms with Gasteiger partial charge in [-0.05, 0) is 19.8 Å². The smallest absolute Gasteiger partial charge is 0.323 e. The van der Waals surface area contributed by atoms with Crippen LogP contribution in [0.25, 0.3) is 0 Å². The van der Waals surface area contributed by atoms with Crippen molar-refractivity contribution in [1.29, 1.82) is 0 Å². The van der Waals surface area contributed by atoms with Gasteiger partial charge < -0.3 is 14.8 Å². The normalized spacial score (nSPS) is 17.8. The third-order valence-corrected chi connectivity index (χ3v) is 4.26. The molecule has 1 aliphatic rings. The van der Waals surface area contributed by atoms with Crippen LogP contribution in [0.4, 0.5) is 0 Å². The molecule has 1 rings (SSSR count). The molecule has 0 heterocycles. The number of nitrogens with zero attached hydrogens (tertiary/aromatic N) is 1. The largest absolute Gasteiger partial charge is 0.480 e. The number of carbonyl (C=O) groups is 2. The number of carbonyl (C=O) groups excluding carboxylic acids is 1. The summed E-state index contributed by atoms with van der Waals surface area (Å²) >= 11 is 5.43. The van der Waals surface area contributed by atoms with E-state index in [9.17, 15) is 9.59 Å². The van der Waals surface area contributed by atoms with Crippen LogP contribution in [-0.4, -0.2) is 39.3 Å². The standard InChI is InChI=1S/C14H23NO3S/c1-10(8-11(2)16)14(19)15(9-13(17)18)12-6-4-3-5-7-12/h10,12H,3-9H2,1-2H3,(H,17,18). The van der Waals surface area contributed by atoms with Crippen LogP contribution in [-0.2, 0) is 9.59 Å². The van der Waals surface area contributed by atoms with Gasteiger partial charge in [-0.25, -0.2) is 0 Å². The molecule has 108 valence electrons. The molecule has 0 spiro atoms. The van der Waals surface area contributed by atoms with Gasteiger partial charge in [-0.2, -0.15) is 0 Å². The van der Waals surface area contributed by atoms with Crippen molar-refractivity contribution in [1.82, 2.24) is 4.90 Å². The van der Waals surface area contributed by atoms with Crippen molar-refractivity contribution in [2.45, 2.75) is 58.4 Å². The lowest BCUT2D eigenvalue weighted by Crippen LogP contribution is -2.46. The molecule has 0 amide bonds. The fraction of sp³-hybridized carbons (Fsp3) is 0.786. The summed E-state index contributed by atoms with van der Waals surface area (Å²) in [6, 6.07) is 0.228. The number of thiocarbonyl (C=S) groups is 1. The summed E-state index contributed by atoms with van der Waals surface area (Å²) in [5.74, 6) is -0.828. The monoisotopic (exact) mass is 285 g/mol. The van der Waals surface area contributed by atoms with Crippen LogP contribution in [0.1, 0.15) is 52.4 Å². The lowest BCUT2D eigenvalue weighted by Gasteiger charge is -2.37. The molecule has 0 aromatic heterocycles. The molecule has 4 nitrogen and oxygen atoms in total. The molecule has 1 atom stereocenters. The van der Waals surface area contributed by atoms with E-state index in [4.69, 9.17) is 17.3 Å². The first-order valence-electron chi connectivity index (χ1n) is 6.93. The molecule has 0 aliphatic heterocycles. The van der Waals surface area contributed by atoms with Crippen LogP contribution < -0.4 is 0 Å². The molecule has 1 saturated carbocycles. The molecule has 1 N–H and O–H groups in total. The van der Waals surface area contributed by atoms with E-state index in [2.05, 4.69) is 0 Å². The minimum Gasteiger partial charge on any atom is -0.480 e. The molecule has 1 unspecified atom stereocenters. The number of rotatable bonds is 6. The van der Waals surface area contributed by atoms with E-state index in [1.54, 1.807) is 6.92 Å². The fourth-order valence-corrected chi connectivity index (χ4v) is 3.02. The van der Waals surface area contributed by atoms with E-state index in [0.717, 1.165) is 25.7 Å². The Kier molecular flexibility index (Phi) is 6.42. The zero-order valence-electron chi connectivity index (χ0n) is 11.7. The zero-order valence-corrected chi connectivity index (χ0v) is 12.5. The van der Waals surface area contributed by atoms with Gasteiger partial charge in [0.15, 0.2) is 0 Å². The Morgan fingerprint density at radius 2 is 1.89 bits per heavy atom. The maximum Gasteiger partial charge on any atom is 0.323 e. The predicted octanol–water partition coefficient (Wildman–Crippen LogP) is 2.65. The van der Waals surface area contributed by atoms with Crippen LogP contribution in [0.3, 0.4) is 0 Å². The van der Waals surface area contributed by atoms with E-state index in [1.165, 1.54) is 6.42 Å². The summed E-state index contributed by atoms with van der Waals surface area (Å²) in [7, 11) is 0. The molecule has 0 radical (unpaired) electrons. The first-order chi connectivity index (χ1) is 8.91. The Labute approximate surface area is 120 Å². The maximum absolute atomic E-state index is 11.2. The molecule has 5 heteroatoms. The number of carboxylic acid groups (broad SMARTS) is 1. The van der Waals surface area contributed by atoms with E-state index < -0.39 is 5.97 Å². The number of aliphatic carboxylic acids is 1. The molecular weight excluding hydrogens is 262 g/mol. The topological polar surface area (TPSA) is 57.6 Å². The molecular formula is C14H23NO3S. The summed E-state index contributed by atoms with van der Waals surface area (Å²) in [4.78, 5) is 24.7. The van der Waals surface area contributed by atoms with Crippen LogP contribution in [0.15, 0.2) is 0 Å². The second kappa shape index (κ2) is 7.58. The van der Waals surface area contributed by atoms with Crippen LogP contribution >= 0.6 is 12.2 Å². The van der Waals surface area contributed by atoms with Gasteiger partial charge in [0.05, 0.1) is 4.99 Å². The van der Waals surface area contributed by atoms with Crippen molar-refractivity contribution >= 4 is 29.0 Å². The highest BCUT2D eigenvalue weighted by Crippen LogP contribution is 2.25. The highest BCUT2D eigenvalue weighted by molar-refractivity contribution is 7.80. The van der Waals surface area contributed by atoms with Crippen molar-refractivity contribution in [2.24, 2.45) is 5.92 Å². The number of Topliss-reactive ketones (excluding diaryl/α,β-unsaturated/α-hetero) is 1. The molecule has 1 aliphatic carbocycles. The average molecular weight is 285 g/mol. The Morgan fingerprint density at radius 3 is 2.37 bits per heavy atom. The highest BCUT2D eigenvalue weighted by Gasteiger charge is 2.27. The molecule has 0 aromatic carbocycles. The van der Waals surface area contributed by atoms with Crippen LogP contribution in [0.5, 0.6) is 0 Å². The lowest BCUT2D eigenvalue weighted by atomic mass is 9.93. The lowest BCUT2D eigenvalue weighted by molar-refractivity contribution is -0.137. The van der Waals surface area contributed by atoms with E-state index in [-0.39, 0.29) is 24.3 Å². The maximum atomic E-state index is 11.2. The SMILES string of the molecule is CC(=O)CC(C)C(=S)N(CC(=O)O)C1CCCCC1. The second-order valence-corrected chi connectivity index (χ2v) is 5.88. The predicted molar refractivity (Wildman–Crippen MR) is 78.3 cm³/mol. The van der Waals surface area contributed by atoms with Crippen molar-refractivity contribution in [3.8, 4) is 0 Å². The zero-order chi connectivity index (χ0) is 14.4. The summed E-state index contributed by atoms with van der Waals surface area (Å²) in [6.07, 6.45) is 5.87. The van der Waals surface area contributed by atoms with Gasteiger partial charge in [0, 0.05) is 18.4 Å².